The molecule has 0 unspecified atom stereocenters. The van der Waals surface area contributed by atoms with Gasteiger partial charge in [0, 0.05) is 4.47 Å². The molecular formula is C13H8Br2ClNO2. The number of phenolic OH excluding ortho intramolecular Hbond substituents is 1. The molecule has 2 rings (SSSR count). The number of amides is 1. The highest BCUT2D eigenvalue weighted by atomic mass is 79.9. The summed E-state index contributed by atoms with van der Waals surface area (Å²) in [5, 5.41) is 13.0. The Balaban J connectivity index is 2.33. The molecule has 1 amide bonds. The standard InChI is InChI=1S/C13H8Br2ClNO2/c14-7-5-8(12(18)9(15)6-7)13(19)17-11-4-2-1-3-10(11)16/h1-6,18H,(H,17,19). The maximum atomic E-state index is 12.1. The molecule has 2 N–H and O–H groups in total. The smallest absolute Gasteiger partial charge is 0.259 e. The van der Waals surface area contributed by atoms with Crippen molar-refractivity contribution >= 4 is 55.1 Å². The lowest BCUT2D eigenvalue weighted by molar-refractivity contribution is 0.102. The molecule has 0 atom stereocenters. The van der Waals surface area contributed by atoms with Crippen LogP contribution in [0.15, 0.2) is 45.3 Å². The number of benzene rings is 2. The van der Waals surface area contributed by atoms with Gasteiger partial charge in [0.1, 0.15) is 5.75 Å². The highest BCUT2D eigenvalue weighted by Crippen LogP contribution is 2.32. The van der Waals surface area contributed by atoms with E-state index in [4.69, 9.17) is 11.6 Å². The molecule has 0 radical (unpaired) electrons. The molecule has 0 aliphatic carbocycles. The van der Waals surface area contributed by atoms with E-state index < -0.39 is 5.91 Å². The van der Waals surface area contributed by atoms with Crippen molar-refractivity contribution in [3.63, 3.8) is 0 Å². The minimum absolute atomic E-state index is 0.118. The summed E-state index contributed by atoms with van der Waals surface area (Å²) in [4.78, 5) is 12.1. The van der Waals surface area contributed by atoms with Gasteiger partial charge in [0.15, 0.2) is 0 Å². The Kier molecular flexibility index (Phi) is 4.50. The second-order valence-electron chi connectivity index (χ2n) is 3.72. The number of hydrogen-bond acceptors (Lipinski definition) is 2. The van der Waals surface area contributed by atoms with Gasteiger partial charge < -0.3 is 10.4 Å². The molecule has 98 valence electrons. The fourth-order valence-corrected chi connectivity index (χ4v) is 2.90. The average molecular weight is 405 g/mol. The van der Waals surface area contributed by atoms with Crippen LogP contribution in [0.25, 0.3) is 0 Å². The first kappa shape index (κ1) is 14.4. The summed E-state index contributed by atoms with van der Waals surface area (Å²) in [6.45, 7) is 0. The van der Waals surface area contributed by atoms with Crippen LogP contribution < -0.4 is 5.32 Å². The van der Waals surface area contributed by atoms with E-state index in [9.17, 15) is 9.90 Å². The van der Waals surface area contributed by atoms with Gasteiger partial charge in [-0.2, -0.15) is 0 Å². The highest BCUT2D eigenvalue weighted by molar-refractivity contribution is 9.11. The maximum Gasteiger partial charge on any atom is 0.259 e. The first-order chi connectivity index (χ1) is 8.99. The summed E-state index contributed by atoms with van der Waals surface area (Å²) in [6.07, 6.45) is 0. The topological polar surface area (TPSA) is 49.3 Å². The van der Waals surface area contributed by atoms with Crippen LogP contribution in [0.4, 0.5) is 5.69 Å². The van der Waals surface area contributed by atoms with Gasteiger partial charge in [0.2, 0.25) is 0 Å². The molecule has 0 heterocycles. The number of carbonyl (C=O) groups is 1. The van der Waals surface area contributed by atoms with Crippen molar-refractivity contribution in [3.8, 4) is 5.75 Å². The first-order valence-electron chi connectivity index (χ1n) is 5.23. The molecule has 0 spiro atoms. The molecule has 0 saturated carbocycles. The predicted octanol–water partition coefficient (Wildman–Crippen LogP) is 4.82. The zero-order valence-corrected chi connectivity index (χ0v) is 13.4. The SMILES string of the molecule is O=C(Nc1ccccc1Cl)c1cc(Br)cc(Br)c1O. The van der Waals surface area contributed by atoms with Gasteiger partial charge in [0.05, 0.1) is 20.7 Å². The lowest BCUT2D eigenvalue weighted by Gasteiger charge is -2.09. The number of hydrogen-bond donors (Lipinski definition) is 2. The van der Waals surface area contributed by atoms with Gasteiger partial charge in [-0.05, 0) is 40.2 Å². The van der Waals surface area contributed by atoms with E-state index in [-0.39, 0.29) is 11.3 Å². The average Bonchev–Trinajstić information content (AvgIpc) is 2.36. The second kappa shape index (κ2) is 5.94. The number of rotatable bonds is 2. The van der Waals surface area contributed by atoms with Gasteiger partial charge in [0.25, 0.3) is 5.91 Å². The Labute approximate surface area is 131 Å². The van der Waals surface area contributed by atoms with Gasteiger partial charge in [-0.3, -0.25) is 4.79 Å². The largest absolute Gasteiger partial charge is 0.506 e. The van der Waals surface area contributed by atoms with Crippen molar-refractivity contribution < 1.29 is 9.90 Å². The summed E-state index contributed by atoms with van der Waals surface area (Å²) >= 11 is 12.4. The van der Waals surface area contributed by atoms with E-state index in [0.717, 1.165) is 0 Å². The molecule has 0 saturated heterocycles. The molecule has 2 aromatic carbocycles. The molecule has 0 bridgehead atoms. The van der Waals surface area contributed by atoms with Crippen LogP contribution in [0.2, 0.25) is 5.02 Å². The summed E-state index contributed by atoms with van der Waals surface area (Å²) in [6, 6.07) is 10.1. The van der Waals surface area contributed by atoms with Crippen LogP contribution in [0, 0.1) is 0 Å². The van der Waals surface area contributed by atoms with Crippen molar-refractivity contribution in [1.82, 2.24) is 0 Å². The molecule has 0 aromatic heterocycles. The van der Waals surface area contributed by atoms with E-state index in [0.29, 0.717) is 19.7 Å². The van der Waals surface area contributed by atoms with Crippen molar-refractivity contribution in [2.24, 2.45) is 0 Å². The number of carbonyl (C=O) groups excluding carboxylic acids is 1. The van der Waals surface area contributed by atoms with Crippen molar-refractivity contribution in [2.45, 2.75) is 0 Å². The lowest BCUT2D eigenvalue weighted by atomic mass is 10.2. The van der Waals surface area contributed by atoms with Gasteiger partial charge in [-0.25, -0.2) is 0 Å². The number of para-hydroxylation sites is 1. The summed E-state index contributed by atoms with van der Waals surface area (Å²) < 4.78 is 1.12. The summed E-state index contributed by atoms with van der Waals surface area (Å²) in [7, 11) is 0. The van der Waals surface area contributed by atoms with Crippen LogP contribution in [0.5, 0.6) is 5.75 Å². The Bertz CT molecular complexity index is 647. The fourth-order valence-electron chi connectivity index (χ4n) is 1.49. The number of anilines is 1. The normalized spacial score (nSPS) is 10.3. The summed E-state index contributed by atoms with van der Waals surface area (Å²) in [5.41, 5.74) is 0.644. The Morgan fingerprint density at radius 2 is 1.89 bits per heavy atom. The highest BCUT2D eigenvalue weighted by Gasteiger charge is 2.15. The van der Waals surface area contributed by atoms with E-state index >= 15 is 0 Å². The number of phenols is 1. The van der Waals surface area contributed by atoms with Crippen LogP contribution in [0.3, 0.4) is 0 Å². The van der Waals surface area contributed by atoms with Crippen LogP contribution in [-0.4, -0.2) is 11.0 Å². The summed E-state index contributed by atoms with van der Waals surface area (Å²) in [5.74, 6) is -0.555. The monoisotopic (exact) mass is 403 g/mol. The van der Waals surface area contributed by atoms with Crippen LogP contribution >= 0.6 is 43.5 Å². The van der Waals surface area contributed by atoms with Crippen LogP contribution in [0.1, 0.15) is 10.4 Å². The minimum Gasteiger partial charge on any atom is -0.506 e. The fraction of sp³-hybridized carbons (Fsp3) is 0. The molecule has 19 heavy (non-hydrogen) atoms. The van der Waals surface area contributed by atoms with Gasteiger partial charge >= 0.3 is 0 Å². The second-order valence-corrected chi connectivity index (χ2v) is 5.89. The van der Waals surface area contributed by atoms with E-state index in [1.807, 2.05) is 0 Å². The Morgan fingerprint density at radius 1 is 1.21 bits per heavy atom. The first-order valence-corrected chi connectivity index (χ1v) is 7.19. The zero-order chi connectivity index (χ0) is 14.0. The van der Waals surface area contributed by atoms with E-state index in [2.05, 4.69) is 37.2 Å². The van der Waals surface area contributed by atoms with E-state index in [1.54, 1.807) is 30.3 Å². The lowest BCUT2D eigenvalue weighted by Crippen LogP contribution is -2.12. The quantitative estimate of drug-likeness (QED) is 0.752. The van der Waals surface area contributed by atoms with Crippen molar-refractivity contribution in [2.75, 3.05) is 5.32 Å². The van der Waals surface area contributed by atoms with Gasteiger partial charge in [-0.1, -0.05) is 39.7 Å². The number of aromatic hydroxyl groups is 1. The zero-order valence-electron chi connectivity index (χ0n) is 9.45. The third kappa shape index (κ3) is 3.29. The molecule has 0 fully saturated rings. The molecule has 3 nitrogen and oxygen atoms in total. The third-order valence-electron chi connectivity index (χ3n) is 2.39. The van der Waals surface area contributed by atoms with E-state index in [1.165, 1.54) is 6.07 Å². The third-order valence-corrected chi connectivity index (χ3v) is 3.79. The predicted molar refractivity (Wildman–Crippen MR) is 82.9 cm³/mol. The minimum atomic E-state index is -0.437. The molecule has 0 aliphatic heterocycles. The molecule has 0 aliphatic rings. The molecule has 2 aromatic rings. The Hall–Kier alpha value is -1.04. The van der Waals surface area contributed by atoms with Gasteiger partial charge in [-0.15, -0.1) is 0 Å². The molecular weight excluding hydrogens is 397 g/mol. The number of nitrogens with one attached hydrogen (secondary N) is 1. The van der Waals surface area contributed by atoms with Crippen molar-refractivity contribution in [1.29, 1.82) is 0 Å². The number of halogens is 3. The molecule has 6 heteroatoms. The van der Waals surface area contributed by atoms with Crippen LogP contribution in [-0.2, 0) is 0 Å². The van der Waals surface area contributed by atoms with Crippen molar-refractivity contribution in [3.05, 3.63) is 55.9 Å². The maximum absolute atomic E-state index is 12.1. The Morgan fingerprint density at radius 3 is 2.58 bits per heavy atom.